The van der Waals surface area contributed by atoms with E-state index in [-0.39, 0.29) is 0 Å². The van der Waals surface area contributed by atoms with Crippen molar-refractivity contribution in [2.45, 2.75) is 0 Å². The maximum absolute atomic E-state index is 4.48. The van der Waals surface area contributed by atoms with Gasteiger partial charge in [-0.05, 0) is 12.1 Å². The molecule has 20 heavy (non-hydrogen) atoms. The highest BCUT2D eigenvalue weighted by Crippen LogP contribution is 2.23. The summed E-state index contributed by atoms with van der Waals surface area (Å²) in [5.41, 5.74) is 2.50. The van der Waals surface area contributed by atoms with Crippen LogP contribution >= 0.6 is 11.3 Å². The second-order valence-electron chi connectivity index (χ2n) is 4.72. The lowest BCUT2D eigenvalue weighted by atomic mass is 10.0. The molecule has 1 aliphatic rings. The average Bonchev–Trinajstić information content (AvgIpc) is 3.07. The monoisotopic (exact) mass is 288 g/mol. The van der Waals surface area contributed by atoms with Crippen LogP contribution in [-0.2, 0) is 0 Å². The van der Waals surface area contributed by atoms with Gasteiger partial charge in [0.05, 0.1) is 0 Å². The number of nitrogens with zero attached hydrogens (tertiary/aromatic N) is 7. The summed E-state index contributed by atoms with van der Waals surface area (Å²) < 4.78 is 1.70. The summed E-state index contributed by atoms with van der Waals surface area (Å²) in [5.74, 6) is 1.57. The van der Waals surface area contributed by atoms with Crippen molar-refractivity contribution in [1.29, 1.82) is 0 Å². The first-order chi connectivity index (χ1) is 9.88. The van der Waals surface area contributed by atoms with E-state index in [4.69, 9.17) is 0 Å². The van der Waals surface area contributed by atoms with Crippen LogP contribution in [0.15, 0.2) is 24.0 Å². The lowest BCUT2D eigenvalue weighted by molar-refractivity contribution is 0.425. The van der Waals surface area contributed by atoms with Crippen LogP contribution in [0.1, 0.15) is 0 Å². The van der Waals surface area contributed by atoms with E-state index in [1.54, 1.807) is 16.4 Å². The number of nitrogens with one attached hydrogen (secondary N) is 1. The first-order valence-electron chi connectivity index (χ1n) is 6.30. The molecule has 0 amide bonds. The molecule has 0 radical (unpaired) electrons. The smallest absolute Gasteiger partial charge is 0.205 e. The van der Waals surface area contributed by atoms with Crippen LogP contribution < -0.4 is 10.2 Å². The molecule has 4 rings (SSSR count). The molecule has 1 saturated heterocycles. The zero-order valence-electron chi connectivity index (χ0n) is 10.5. The quantitative estimate of drug-likeness (QED) is 0.749. The molecule has 0 aliphatic carbocycles. The molecule has 0 atom stereocenters. The standard InChI is InChI=1S/C11H12N8S/c1-2-10(17-19-6-13-15-9(1)19)18-4-8(5-18)3-12-11-16-14-7-20-11/h1-2,6-8H,3-5H2,(H,12,16). The van der Waals surface area contributed by atoms with Gasteiger partial charge in [0, 0.05) is 25.6 Å². The minimum absolute atomic E-state index is 0.609. The van der Waals surface area contributed by atoms with E-state index in [0.29, 0.717) is 5.92 Å². The lowest BCUT2D eigenvalue weighted by Gasteiger charge is -2.40. The highest BCUT2D eigenvalue weighted by molar-refractivity contribution is 7.13. The van der Waals surface area contributed by atoms with E-state index in [9.17, 15) is 0 Å². The van der Waals surface area contributed by atoms with E-state index in [2.05, 4.69) is 35.7 Å². The van der Waals surface area contributed by atoms with E-state index in [1.165, 1.54) is 11.3 Å². The van der Waals surface area contributed by atoms with Crippen molar-refractivity contribution in [3.63, 3.8) is 0 Å². The molecule has 3 aromatic rings. The second kappa shape index (κ2) is 4.67. The van der Waals surface area contributed by atoms with Gasteiger partial charge in [-0.15, -0.1) is 25.5 Å². The predicted octanol–water partition coefficient (Wildman–Crippen LogP) is 0.524. The number of anilines is 2. The Labute approximate surface area is 118 Å². The second-order valence-corrected chi connectivity index (χ2v) is 5.55. The van der Waals surface area contributed by atoms with Crippen molar-refractivity contribution in [1.82, 2.24) is 30.0 Å². The Hall–Kier alpha value is -2.29. The Bertz CT molecular complexity index is 702. The molecule has 1 aliphatic heterocycles. The fourth-order valence-corrected chi connectivity index (χ4v) is 2.71. The Morgan fingerprint density at radius 2 is 2.20 bits per heavy atom. The third kappa shape index (κ3) is 2.05. The SMILES string of the molecule is c1nnc(NCC2CN(c3ccc4nncn4n3)C2)s1. The fraction of sp³-hybridized carbons (Fsp3) is 0.364. The van der Waals surface area contributed by atoms with Gasteiger partial charge in [0.2, 0.25) is 5.13 Å². The highest BCUT2D eigenvalue weighted by atomic mass is 32.1. The van der Waals surface area contributed by atoms with Crippen LogP contribution in [0.4, 0.5) is 10.9 Å². The summed E-state index contributed by atoms with van der Waals surface area (Å²) in [4.78, 5) is 2.24. The molecule has 8 nitrogen and oxygen atoms in total. The summed E-state index contributed by atoms with van der Waals surface area (Å²) in [7, 11) is 0. The van der Waals surface area contributed by atoms with Gasteiger partial charge in [-0.1, -0.05) is 11.3 Å². The Morgan fingerprint density at radius 1 is 1.25 bits per heavy atom. The maximum atomic E-state index is 4.48. The average molecular weight is 288 g/mol. The van der Waals surface area contributed by atoms with Crippen molar-refractivity contribution in [3.8, 4) is 0 Å². The highest BCUT2D eigenvalue weighted by Gasteiger charge is 2.28. The zero-order valence-corrected chi connectivity index (χ0v) is 11.4. The molecule has 4 heterocycles. The molecule has 102 valence electrons. The van der Waals surface area contributed by atoms with Gasteiger partial charge in [0.15, 0.2) is 5.65 Å². The van der Waals surface area contributed by atoms with Crippen molar-refractivity contribution in [2.75, 3.05) is 29.9 Å². The Balaban J connectivity index is 1.35. The van der Waals surface area contributed by atoms with Crippen LogP contribution in [0.2, 0.25) is 0 Å². The molecule has 0 saturated carbocycles. The summed E-state index contributed by atoms with van der Waals surface area (Å²) in [6, 6.07) is 3.92. The Kier molecular flexibility index (Phi) is 2.69. The van der Waals surface area contributed by atoms with Gasteiger partial charge in [0.25, 0.3) is 0 Å². The summed E-state index contributed by atoms with van der Waals surface area (Å²) >= 11 is 1.52. The largest absolute Gasteiger partial charge is 0.360 e. The van der Waals surface area contributed by atoms with Crippen LogP contribution in [0, 0.1) is 5.92 Å². The van der Waals surface area contributed by atoms with Crippen LogP contribution in [0.3, 0.4) is 0 Å². The van der Waals surface area contributed by atoms with E-state index in [1.807, 2.05) is 12.1 Å². The topological polar surface area (TPSA) is 84.1 Å². The molecule has 0 spiro atoms. The van der Waals surface area contributed by atoms with E-state index >= 15 is 0 Å². The molecular weight excluding hydrogens is 276 g/mol. The molecule has 3 aromatic heterocycles. The number of fused-ring (bicyclic) bond motifs is 1. The molecule has 0 unspecified atom stereocenters. The van der Waals surface area contributed by atoms with Gasteiger partial charge in [-0.25, -0.2) is 0 Å². The van der Waals surface area contributed by atoms with E-state index in [0.717, 1.165) is 36.2 Å². The Morgan fingerprint density at radius 3 is 3.05 bits per heavy atom. The van der Waals surface area contributed by atoms with Crippen molar-refractivity contribution >= 4 is 27.9 Å². The minimum Gasteiger partial charge on any atom is -0.360 e. The van der Waals surface area contributed by atoms with Gasteiger partial charge >= 0.3 is 0 Å². The van der Waals surface area contributed by atoms with E-state index < -0.39 is 0 Å². The van der Waals surface area contributed by atoms with Crippen molar-refractivity contribution in [2.24, 2.45) is 5.92 Å². The van der Waals surface area contributed by atoms with Gasteiger partial charge in [0.1, 0.15) is 17.7 Å². The summed E-state index contributed by atoms with van der Waals surface area (Å²) in [6.45, 7) is 2.90. The third-order valence-corrected chi connectivity index (χ3v) is 3.98. The number of rotatable bonds is 4. The lowest BCUT2D eigenvalue weighted by Crippen LogP contribution is -2.50. The van der Waals surface area contributed by atoms with Crippen LogP contribution in [0.25, 0.3) is 5.65 Å². The normalized spacial score (nSPS) is 15.5. The predicted molar refractivity (Wildman–Crippen MR) is 74.9 cm³/mol. The molecule has 1 N–H and O–H groups in total. The third-order valence-electron chi connectivity index (χ3n) is 3.33. The van der Waals surface area contributed by atoms with Crippen molar-refractivity contribution in [3.05, 3.63) is 24.0 Å². The van der Waals surface area contributed by atoms with Crippen LogP contribution in [0.5, 0.6) is 0 Å². The first-order valence-corrected chi connectivity index (χ1v) is 7.18. The number of aromatic nitrogens is 6. The van der Waals surface area contributed by atoms with Crippen molar-refractivity contribution < 1.29 is 0 Å². The number of hydrogen-bond donors (Lipinski definition) is 1. The fourth-order valence-electron chi connectivity index (χ4n) is 2.25. The molecular formula is C11H12N8S. The first kappa shape index (κ1) is 11.5. The molecule has 0 bridgehead atoms. The molecule has 1 fully saturated rings. The zero-order chi connectivity index (χ0) is 13.4. The van der Waals surface area contributed by atoms with Crippen LogP contribution in [-0.4, -0.2) is 49.6 Å². The molecule has 0 aromatic carbocycles. The molecule has 9 heteroatoms. The summed E-state index contributed by atoms with van der Waals surface area (Å²) in [6.07, 6.45) is 1.62. The van der Waals surface area contributed by atoms with Gasteiger partial charge in [-0.3, -0.25) is 0 Å². The van der Waals surface area contributed by atoms with Gasteiger partial charge < -0.3 is 10.2 Å². The minimum atomic E-state index is 0.609. The maximum Gasteiger partial charge on any atom is 0.205 e. The summed E-state index contributed by atoms with van der Waals surface area (Å²) in [5, 5.41) is 24.2. The number of hydrogen-bond acceptors (Lipinski definition) is 8. The van der Waals surface area contributed by atoms with Gasteiger partial charge in [-0.2, -0.15) is 4.52 Å².